The van der Waals surface area contributed by atoms with Gasteiger partial charge in [-0.05, 0) is 48.9 Å². The Balaban J connectivity index is 1.26. The minimum atomic E-state index is -0.860. The Bertz CT molecular complexity index is 1370. The van der Waals surface area contributed by atoms with Gasteiger partial charge in [-0.25, -0.2) is 15.0 Å². The van der Waals surface area contributed by atoms with Crippen LogP contribution in [0.25, 0.3) is 21.9 Å². The quantitative estimate of drug-likeness (QED) is 0.375. The van der Waals surface area contributed by atoms with Crippen molar-refractivity contribution in [2.45, 2.75) is 37.5 Å². The van der Waals surface area contributed by atoms with Crippen molar-refractivity contribution in [3.63, 3.8) is 0 Å². The normalized spacial score (nSPS) is 29.0. The summed E-state index contributed by atoms with van der Waals surface area (Å²) in [5.41, 5.74) is 14.1. The standard InChI is InChI=1S/C23H23ClN6O2/c24-15-8-12-2-1-11(7-16(12)29-21(15)26)3-5-23-9-14(23)17(18(31)19(23)32)30-6-4-13-20(25)27-10-28-22(13)30/h1-2,4,6-8,10,14,17-19,31-32H,3,5,9H2,(H2,26,29)(H2,25,27,28)/t14-,17-,18+,19+,23-/m1/s1. The average Bonchev–Trinajstić information content (AvgIpc) is 3.27. The predicted molar refractivity (Wildman–Crippen MR) is 123 cm³/mol. The number of anilines is 2. The molecule has 6 N–H and O–H groups in total. The molecular weight excluding hydrogens is 428 g/mol. The molecule has 0 unspecified atom stereocenters. The van der Waals surface area contributed by atoms with Crippen molar-refractivity contribution in [2.24, 2.45) is 11.3 Å². The third-order valence-electron chi connectivity index (χ3n) is 7.46. The van der Waals surface area contributed by atoms with Crippen LogP contribution in [0.15, 0.2) is 42.9 Å². The van der Waals surface area contributed by atoms with Crippen LogP contribution in [0.5, 0.6) is 0 Å². The van der Waals surface area contributed by atoms with Crippen LogP contribution in [0, 0.1) is 11.3 Å². The number of aliphatic hydroxyl groups excluding tert-OH is 2. The van der Waals surface area contributed by atoms with Gasteiger partial charge in [0.05, 0.1) is 28.1 Å². The van der Waals surface area contributed by atoms with Gasteiger partial charge in [0, 0.05) is 17.0 Å². The zero-order chi connectivity index (χ0) is 22.2. The molecule has 5 atom stereocenters. The van der Waals surface area contributed by atoms with Crippen LogP contribution in [0.2, 0.25) is 5.02 Å². The minimum absolute atomic E-state index is 0.173. The maximum Gasteiger partial charge on any atom is 0.145 e. The molecule has 0 saturated heterocycles. The van der Waals surface area contributed by atoms with Crippen LogP contribution >= 0.6 is 11.6 Å². The van der Waals surface area contributed by atoms with E-state index in [2.05, 4.69) is 21.0 Å². The van der Waals surface area contributed by atoms with Gasteiger partial charge in [0.2, 0.25) is 0 Å². The molecule has 0 bridgehead atoms. The maximum absolute atomic E-state index is 11.0. The van der Waals surface area contributed by atoms with Crippen LogP contribution in [0.3, 0.4) is 0 Å². The predicted octanol–water partition coefficient (Wildman–Crippen LogP) is 2.71. The van der Waals surface area contributed by atoms with Crippen LogP contribution in [0.4, 0.5) is 11.6 Å². The molecule has 3 aromatic heterocycles. The average molecular weight is 451 g/mol. The van der Waals surface area contributed by atoms with E-state index in [4.69, 9.17) is 23.1 Å². The van der Waals surface area contributed by atoms with Gasteiger partial charge in [0.15, 0.2) is 0 Å². The van der Waals surface area contributed by atoms with Crippen LogP contribution in [0.1, 0.15) is 24.4 Å². The molecule has 2 aliphatic carbocycles. The summed E-state index contributed by atoms with van der Waals surface area (Å²) in [7, 11) is 0. The van der Waals surface area contributed by atoms with Crippen molar-refractivity contribution in [1.29, 1.82) is 0 Å². The highest BCUT2D eigenvalue weighted by Gasteiger charge is 2.70. The Morgan fingerprint density at radius 3 is 2.81 bits per heavy atom. The summed E-state index contributed by atoms with van der Waals surface area (Å²) in [6.07, 6.45) is 4.08. The number of benzene rings is 1. The molecule has 2 aliphatic rings. The molecule has 0 amide bonds. The topological polar surface area (TPSA) is 136 Å². The molecule has 164 valence electrons. The highest BCUT2D eigenvalue weighted by atomic mass is 35.5. The lowest BCUT2D eigenvalue weighted by Crippen LogP contribution is -2.34. The lowest BCUT2D eigenvalue weighted by molar-refractivity contribution is -0.0191. The zero-order valence-electron chi connectivity index (χ0n) is 17.2. The van der Waals surface area contributed by atoms with Crippen molar-refractivity contribution in [3.8, 4) is 0 Å². The minimum Gasteiger partial charge on any atom is -0.390 e. The van der Waals surface area contributed by atoms with Crippen LogP contribution in [-0.2, 0) is 6.42 Å². The van der Waals surface area contributed by atoms with Gasteiger partial charge in [-0.15, -0.1) is 0 Å². The summed E-state index contributed by atoms with van der Waals surface area (Å²) in [6, 6.07) is 9.51. The Hall–Kier alpha value is -2.94. The molecule has 32 heavy (non-hydrogen) atoms. The highest BCUT2D eigenvalue weighted by Crippen LogP contribution is 2.69. The van der Waals surface area contributed by atoms with E-state index in [0.29, 0.717) is 22.3 Å². The van der Waals surface area contributed by atoms with E-state index in [-0.39, 0.29) is 17.4 Å². The molecule has 9 heteroatoms. The van der Waals surface area contributed by atoms with E-state index >= 15 is 0 Å². The van der Waals surface area contributed by atoms with Crippen molar-refractivity contribution >= 4 is 45.2 Å². The summed E-state index contributed by atoms with van der Waals surface area (Å²) in [5.74, 6) is 0.903. The molecule has 8 nitrogen and oxygen atoms in total. The second-order valence-electron chi connectivity index (χ2n) is 9.07. The first-order chi connectivity index (χ1) is 15.4. The fourth-order valence-corrected chi connectivity index (χ4v) is 5.84. The molecular formula is C23H23ClN6O2. The van der Waals surface area contributed by atoms with E-state index in [1.165, 1.54) is 6.33 Å². The second-order valence-corrected chi connectivity index (χ2v) is 9.48. The Kier molecular flexibility index (Phi) is 4.18. The van der Waals surface area contributed by atoms with Crippen molar-refractivity contribution in [1.82, 2.24) is 19.5 Å². The van der Waals surface area contributed by atoms with Crippen molar-refractivity contribution < 1.29 is 10.2 Å². The van der Waals surface area contributed by atoms with Gasteiger partial charge in [0.25, 0.3) is 0 Å². The number of aryl methyl sites for hydroxylation is 1. The molecule has 2 fully saturated rings. The Labute approximate surface area is 188 Å². The summed E-state index contributed by atoms with van der Waals surface area (Å²) in [4.78, 5) is 12.8. The fraction of sp³-hybridized carbons (Fsp3) is 0.348. The first-order valence-electron chi connectivity index (χ1n) is 10.7. The van der Waals surface area contributed by atoms with E-state index < -0.39 is 12.2 Å². The van der Waals surface area contributed by atoms with Crippen LogP contribution in [-0.4, -0.2) is 41.9 Å². The second kappa shape index (κ2) is 6.78. The van der Waals surface area contributed by atoms with Crippen molar-refractivity contribution in [3.05, 3.63) is 53.4 Å². The zero-order valence-corrected chi connectivity index (χ0v) is 17.9. The lowest BCUT2D eigenvalue weighted by atomic mass is 9.91. The van der Waals surface area contributed by atoms with E-state index in [1.807, 2.05) is 35.0 Å². The molecule has 4 aromatic rings. The molecule has 0 aliphatic heterocycles. The summed E-state index contributed by atoms with van der Waals surface area (Å²) in [5, 5.41) is 24.1. The third kappa shape index (κ3) is 2.73. The number of nitrogens with two attached hydrogens (primary N) is 2. The molecule has 2 saturated carbocycles. The van der Waals surface area contributed by atoms with Gasteiger partial charge in [-0.2, -0.15) is 0 Å². The van der Waals surface area contributed by atoms with Gasteiger partial charge < -0.3 is 26.2 Å². The van der Waals surface area contributed by atoms with Crippen molar-refractivity contribution in [2.75, 3.05) is 11.5 Å². The Morgan fingerprint density at radius 1 is 1.12 bits per heavy atom. The first-order valence-corrected chi connectivity index (χ1v) is 11.0. The molecule has 1 aromatic carbocycles. The number of fused-ring (bicyclic) bond motifs is 3. The first kappa shape index (κ1) is 19.7. The maximum atomic E-state index is 11.0. The summed E-state index contributed by atoms with van der Waals surface area (Å²) >= 11 is 6.07. The fourth-order valence-electron chi connectivity index (χ4n) is 5.68. The Morgan fingerprint density at radius 2 is 1.97 bits per heavy atom. The number of rotatable bonds is 4. The monoisotopic (exact) mass is 450 g/mol. The number of hydrogen-bond donors (Lipinski definition) is 4. The lowest BCUT2D eigenvalue weighted by Gasteiger charge is -2.24. The van der Waals surface area contributed by atoms with Gasteiger partial charge in [0.1, 0.15) is 29.7 Å². The van der Waals surface area contributed by atoms with Gasteiger partial charge in [-0.1, -0.05) is 23.7 Å². The molecule has 0 spiro atoms. The number of pyridine rings is 1. The highest BCUT2D eigenvalue weighted by molar-refractivity contribution is 6.33. The van der Waals surface area contributed by atoms with E-state index in [0.717, 1.165) is 41.1 Å². The smallest absolute Gasteiger partial charge is 0.145 e. The molecule has 0 radical (unpaired) electrons. The van der Waals surface area contributed by atoms with Gasteiger partial charge >= 0.3 is 0 Å². The number of halogens is 1. The van der Waals surface area contributed by atoms with Gasteiger partial charge in [-0.3, -0.25) is 0 Å². The SMILES string of the molecule is Nc1nc2cc(CC[C@@]34C[C@@H]3[C@@H](n3ccc5c(N)ncnc53)[C@H](O)[C@@H]4O)ccc2cc1Cl. The number of nitrogens with zero attached hydrogens (tertiary/aromatic N) is 4. The summed E-state index contributed by atoms with van der Waals surface area (Å²) < 4.78 is 1.95. The number of hydrogen-bond acceptors (Lipinski definition) is 7. The number of aliphatic hydroxyl groups is 2. The number of aromatic nitrogens is 4. The van der Waals surface area contributed by atoms with Crippen LogP contribution < -0.4 is 11.5 Å². The van der Waals surface area contributed by atoms with E-state index in [1.54, 1.807) is 0 Å². The number of nitrogen functional groups attached to an aromatic ring is 2. The molecule has 6 rings (SSSR count). The molecule has 3 heterocycles. The van der Waals surface area contributed by atoms with E-state index in [9.17, 15) is 10.2 Å². The largest absolute Gasteiger partial charge is 0.390 e. The third-order valence-corrected chi connectivity index (χ3v) is 7.76. The summed E-state index contributed by atoms with van der Waals surface area (Å²) in [6.45, 7) is 0.